The van der Waals surface area contributed by atoms with Crippen LogP contribution < -0.4 is 0 Å². The SMILES string of the molecule is ClC(Cc1nc2ccccc2o1)c1ccc(Br)cc1. The standard InChI is InChI=1S/C15H11BrClNO/c16-11-7-5-10(6-8-11)12(17)9-15-18-13-3-1-2-4-14(13)19-15/h1-8,12H,9H2. The van der Waals surface area contributed by atoms with Crippen LogP contribution in [0, 0.1) is 0 Å². The molecule has 0 amide bonds. The van der Waals surface area contributed by atoms with Gasteiger partial charge in [0, 0.05) is 10.9 Å². The maximum absolute atomic E-state index is 6.41. The minimum Gasteiger partial charge on any atom is -0.441 e. The van der Waals surface area contributed by atoms with Crippen molar-refractivity contribution >= 4 is 38.6 Å². The Hall–Kier alpha value is -1.32. The number of rotatable bonds is 3. The van der Waals surface area contributed by atoms with Crippen molar-refractivity contribution in [3.05, 3.63) is 64.5 Å². The van der Waals surface area contributed by atoms with Gasteiger partial charge in [-0.25, -0.2) is 4.98 Å². The van der Waals surface area contributed by atoms with Gasteiger partial charge < -0.3 is 4.42 Å². The van der Waals surface area contributed by atoms with Crippen molar-refractivity contribution in [3.63, 3.8) is 0 Å². The van der Waals surface area contributed by atoms with Crippen molar-refractivity contribution in [2.45, 2.75) is 11.8 Å². The smallest absolute Gasteiger partial charge is 0.197 e. The molecule has 2 aromatic carbocycles. The van der Waals surface area contributed by atoms with Gasteiger partial charge >= 0.3 is 0 Å². The Labute approximate surface area is 124 Å². The number of oxazole rings is 1. The molecule has 19 heavy (non-hydrogen) atoms. The number of halogens is 2. The van der Waals surface area contributed by atoms with Crippen molar-refractivity contribution in [3.8, 4) is 0 Å². The van der Waals surface area contributed by atoms with Gasteiger partial charge in [0.2, 0.25) is 0 Å². The van der Waals surface area contributed by atoms with Gasteiger partial charge in [0.15, 0.2) is 11.5 Å². The van der Waals surface area contributed by atoms with Gasteiger partial charge in [-0.3, -0.25) is 0 Å². The van der Waals surface area contributed by atoms with Gasteiger partial charge in [-0.1, -0.05) is 40.2 Å². The van der Waals surface area contributed by atoms with E-state index in [9.17, 15) is 0 Å². The average Bonchev–Trinajstić information content (AvgIpc) is 2.81. The molecule has 1 atom stereocenters. The molecule has 96 valence electrons. The summed E-state index contributed by atoms with van der Waals surface area (Å²) in [6.07, 6.45) is 0.581. The van der Waals surface area contributed by atoms with E-state index in [2.05, 4.69) is 20.9 Å². The molecule has 0 saturated heterocycles. The van der Waals surface area contributed by atoms with E-state index in [0.29, 0.717) is 12.3 Å². The summed E-state index contributed by atoms with van der Waals surface area (Å²) in [4.78, 5) is 4.44. The van der Waals surface area contributed by atoms with Crippen molar-refractivity contribution in [1.29, 1.82) is 0 Å². The molecule has 0 aliphatic rings. The Morgan fingerprint density at radius 2 is 1.84 bits per heavy atom. The van der Waals surface area contributed by atoms with E-state index in [1.807, 2.05) is 48.5 Å². The topological polar surface area (TPSA) is 26.0 Å². The molecule has 3 rings (SSSR count). The minimum absolute atomic E-state index is 0.138. The molecular weight excluding hydrogens is 326 g/mol. The van der Waals surface area contributed by atoms with Crippen LogP contribution in [0.4, 0.5) is 0 Å². The first-order valence-corrected chi connectivity index (χ1v) is 7.19. The van der Waals surface area contributed by atoms with Crippen LogP contribution >= 0.6 is 27.5 Å². The van der Waals surface area contributed by atoms with Gasteiger partial charge in [-0.2, -0.15) is 0 Å². The van der Waals surface area contributed by atoms with E-state index in [-0.39, 0.29) is 5.38 Å². The molecule has 2 nitrogen and oxygen atoms in total. The van der Waals surface area contributed by atoms with E-state index in [0.717, 1.165) is 21.1 Å². The number of hydrogen-bond donors (Lipinski definition) is 0. The highest BCUT2D eigenvalue weighted by Crippen LogP contribution is 2.27. The summed E-state index contributed by atoms with van der Waals surface area (Å²) >= 11 is 9.82. The highest BCUT2D eigenvalue weighted by atomic mass is 79.9. The zero-order chi connectivity index (χ0) is 13.2. The quantitative estimate of drug-likeness (QED) is 0.621. The number of aromatic nitrogens is 1. The molecule has 0 aliphatic carbocycles. The zero-order valence-electron chi connectivity index (χ0n) is 10.0. The molecule has 1 heterocycles. The Morgan fingerprint density at radius 1 is 1.11 bits per heavy atom. The van der Waals surface area contributed by atoms with Gasteiger partial charge in [-0.15, -0.1) is 11.6 Å². The van der Waals surface area contributed by atoms with E-state index in [1.165, 1.54) is 0 Å². The first-order chi connectivity index (χ1) is 9.22. The minimum atomic E-state index is -0.138. The highest BCUT2D eigenvalue weighted by Gasteiger charge is 2.13. The monoisotopic (exact) mass is 335 g/mol. The fourth-order valence-corrected chi connectivity index (χ4v) is 2.49. The van der Waals surface area contributed by atoms with Crippen LogP contribution in [0.15, 0.2) is 57.4 Å². The third-order valence-electron chi connectivity index (χ3n) is 2.92. The second-order valence-electron chi connectivity index (χ2n) is 4.30. The number of alkyl halides is 1. The molecule has 0 bridgehead atoms. The normalized spacial score (nSPS) is 12.7. The van der Waals surface area contributed by atoms with Gasteiger partial charge in [0.25, 0.3) is 0 Å². The van der Waals surface area contributed by atoms with Gasteiger partial charge in [0.1, 0.15) is 5.52 Å². The molecular formula is C15H11BrClNO. The predicted octanol–water partition coefficient (Wildman–Crippen LogP) is 5.11. The molecule has 0 N–H and O–H groups in total. The van der Waals surface area contributed by atoms with E-state index in [1.54, 1.807) is 0 Å². The van der Waals surface area contributed by atoms with E-state index in [4.69, 9.17) is 16.0 Å². The van der Waals surface area contributed by atoms with Crippen LogP contribution in [0.2, 0.25) is 0 Å². The number of para-hydroxylation sites is 2. The van der Waals surface area contributed by atoms with Crippen molar-refractivity contribution < 1.29 is 4.42 Å². The van der Waals surface area contributed by atoms with Crippen molar-refractivity contribution in [1.82, 2.24) is 4.98 Å². The maximum atomic E-state index is 6.41. The summed E-state index contributed by atoms with van der Waals surface area (Å²) in [5.74, 6) is 0.670. The largest absolute Gasteiger partial charge is 0.441 e. The Balaban J connectivity index is 1.82. The summed E-state index contributed by atoms with van der Waals surface area (Å²) in [7, 11) is 0. The number of nitrogens with zero attached hydrogens (tertiary/aromatic N) is 1. The third-order valence-corrected chi connectivity index (χ3v) is 3.86. The summed E-state index contributed by atoms with van der Waals surface area (Å²) in [6.45, 7) is 0. The van der Waals surface area contributed by atoms with Crippen LogP contribution in [0.3, 0.4) is 0 Å². The summed E-state index contributed by atoms with van der Waals surface area (Å²) in [5, 5.41) is -0.138. The first-order valence-electron chi connectivity index (χ1n) is 5.96. The Bertz CT molecular complexity index is 660. The zero-order valence-corrected chi connectivity index (χ0v) is 12.4. The molecule has 0 fully saturated rings. The molecule has 1 unspecified atom stereocenters. The molecule has 3 aromatic rings. The maximum Gasteiger partial charge on any atom is 0.197 e. The molecule has 4 heteroatoms. The third kappa shape index (κ3) is 2.82. The fraction of sp³-hybridized carbons (Fsp3) is 0.133. The first kappa shape index (κ1) is 12.7. The summed E-state index contributed by atoms with van der Waals surface area (Å²) in [6, 6.07) is 15.7. The number of benzene rings is 2. The lowest BCUT2D eigenvalue weighted by atomic mass is 10.1. The number of hydrogen-bond acceptors (Lipinski definition) is 2. The van der Waals surface area contributed by atoms with Crippen LogP contribution in [-0.4, -0.2) is 4.98 Å². The van der Waals surface area contributed by atoms with E-state index >= 15 is 0 Å². The number of fused-ring (bicyclic) bond motifs is 1. The predicted molar refractivity (Wildman–Crippen MR) is 80.4 cm³/mol. The lowest BCUT2D eigenvalue weighted by molar-refractivity contribution is 0.525. The van der Waals surface area contributed by atoms with Crippen LogP contribution in [0.25, 0.3) is 11.1 Å². The molecule has 1 aromatic heterocycles. The highest BCUT2D eigenvalue weighted by molar-refractivity contribution is 9.10. The van der Waals surface area contributed by atoms with Gasteiger partial charge in [0.05, 0.1) is 5.38 Å². The van der Waals surface area contributed by atoms with E-state index < -0.39 is 0 Å². The molecule has 0 saturated carbocycles. The van der Waals surface area contributed by atoms with Gasteiger partial charge in [-0.05, 0) is 29.8 Å². The van der Waals surface area contributed by atoms with Crippen molar-refractivity contribution in [2.75, 3.05) is 0 Å². The Morgan fingerprint density at radius 3 is 2.58 bits per heavy atom. The summed E-state index contributed by atoms with van der Waals surface area (Å²) < 4.78 is 6.72. The van der Waals surface area contributed by atoms with Crippen LogP contribution in [0.5, 0.6) is 0 Å². The van der Waals surface area contributed by atoms with Crippen LogP contribution in [-0.2, 0) is 6.42 Å². The summed E-state index contributed by atoms with van der Waals surface area (Å²) in [5.41, 5.74) is 2.74. The molecule has 0 aliphatic heterocycles. The van der Waals surface area contributed by atoms with Crippen molar-refractivity contribution in [2.24, 2.45) is 0 Å². The van der Waals surface area contributed by atoms with Crippen LogP contribution in [0.1, 0.15) is 16.8 Å². The second-order valence-corrected chi connectivity index (χ2v) is 5.74. The Kier molecular flexibility index (Phi) is 3.58. The lowest BCUT2D eigenvalue weighted by Crippen LogP contribution is -1.95. The fourth-order valence-electron chi connectivity index (χ4n) is 1.95. The average molecular weight is 337 g/mol. The molecule has 0 spiro atoms. The second kappa shape index (κ2) is 5.35. The lowest BCUT2D eigenvalue weighted by Gasteiger charge is -2.07. The molecule has 0 radical (unpaired) electrons.